The number of amides is 1. The van der Waals surface area contributed by atoms with Crippen molar-refractivity contribution in [2.45, 2.75) is 24.7 Å². The molecule has 0 aromatic heterocycles. The second-order valence-corrected chi connectivity index (χ2v) is 5.35. The van der Waals surface area contributed by atoms with Crippen LogP contribution in [0.4, 0.5) is 4.39 Å². The van der Waals surface area contributed by atoms with Crippen molar-refractivity contribution in [3.8, 4) is 0 Å². The molecule has 5 nitrogen and oxygen atoms in total. The molecule has 0 bridgehead atoms. The number of methoxy groups -OCH3 is 2. The highest BCUT2D eigenvalue weighted by molar-refractivity contribution is 5.79. The summed E-state index contributed by atoms with van der Waals surface area (Å²) in [6.45, 7) is 0.804. The Morgan fingerprint density at radius 2 is 2.05 bits per heavy atom. The van der Waals surface area contributed by atoms with Crippen molar-refractivity contribution in [2.75, 3.05) is 34.5 Å². The van der Waals surface area contributed by atoms with E-state index in [2.05, 4.69) is 0 Å². The molecular weight excluding hydrogens is 289 g/mol. The second kappa shape index (κ2) is 7.67. The zero-order valence-electron chi connectivity index (χ0n) is 13.1. The molecule has 22 heavy (non-hydrogen) atoms. The van der Waals surface area contributed by atoms with Crippen LogP contribution in [0.1, 0.15) is 5.56 Å². The van der Waals surface area contributed by atoms with Crippen molar-refractivity contribution in [1.29, 1.82) is 0 Å². The quantitative estimate of drug-likeness (QED) is 0.821. The third-order valence-electron chi connectivity index (χ3n) is 4.08. The van der Waals surface area contributed by atoms with E-state index in [1.54, 1.807) is 44.4 Å². The van der Waals surface area contributed by atoms with E-state index < -0.39 is 0 Å². The Morgan fingerprint density at radius 3 is 2.68 bits per heavy atom. The highest BCUT2D eigenvalue weighted by atomic mass is 19.1. The van der Waals surface area contributed by atoms with Gasteiger partial charge in [0, 0.05) is 21.3 Å². The molecule has 0 N–H and O–H groups in total. The fourth-order valence-electron chi connectivity index (χ4n) is 2.70. The number of ether oxygens (including phenoxy) is 3. The first kappa shape index (κ1) is 16.9. The topological polar surface area (TPSA) is 48.0 Å². The summed E-state index contributed by atoms with van der Waals surface area (Å²) in [4.78, 5) is 14.0. The molecule has 0 aliphatic carbocycles. The van der Waals surface area contributed by atoms with E-state index in [-0.39, 0.29) is 36.4 Å². The fourth-order valence-corrected chi connectivity index (χ4v) is 2.70. The summed E-state index contributed by atoms with van der Waals surface area (Å²) >= 11 is 0. The minimum atomic E-state index is -0.373. The van der Waals surface area contributed by atoms with Crippen LogP contribution in [0.2, 0.25) is 0 Å². The minimum Gasteiger partial charge on any atom is -0.376 e. The van der Waals surface area contributed by atoms with Crippen molar-refractivity contribution < 1.29 is 23.4 Å². The molecule has 2 rings (SSSR count). The molecular formula is C16H22FNO4. The molecule has 1 aromatic carbocycles. The lowest BCUT2D eigenvalue weighted by Crippen LogP contribution is -2.57. The lowest BCUT2D eigenvalue weighted by Gasteiger charge is -2.40. The minimum absolute atomic E-state index is 0.00769. The number of carbonyl (C=O) groups excluding carboxylic acids is 1. The van der Waals surface area contributed by atoms with Gasteiger partial charge in [-0.15, -0.1) is 0 Å². The van der Waals surface area contributed by atoms with Gasteiger partial charge in [-0.2, -0.15) is 0 Å². The molecule has 122 valence electrons. The molecule has 0 saturated carbocycles. The van der Waals surface area contributed by atoms with E-state index in [0.29, 0.717) is 18.8 Å². The molecule has 1 fully saturated rings. The van der Waals surface area contributed by atoms with Gasteiger partial charge in [0.05, 0.1) is 25.7 Å². The van der Waals surface area contributed by atoms with Gasteiger partial charge in [0.1, 0.15) is 18.0 Å². The Kier molecular flexibility index (Phi) is 5.88. The van der Waals surface area contributed by atoms with E-state index in [1.165, 1.54) is 6.07 Å². The Labute approximate surface area is 130 Å². The molecule has 1 heterocycles. The molecule has 6 heteroatoms. The van der Waals surface area contributed by atoms with Crippen molar-refractivity contribution >= 4 is 5.91 Å². The molecule has 0 radical (unpaired) electrons. The fraction of sp³-hybridized carbons (Fsp3) is 0.562. The van der Waals surface area contributed by atoms with Crippen molar-refractivity contribution in [3.05, 3.63) is 35.6 Å². The van der Waals surface area contributed by atoms with Crippen LogP contribution in [-0.4, -0.2) is 63.5 Å². The van der Waals surface area contributed by atoms with Crippen LogP contribution >= 0.6 is 0 Å². The molecule has 1 aromatic rings. The molecule has 1 saturated heterocycles. The predicted molar refractivity (Wildman–Crippen MR) is 79.1 cm³/mol. The summed E-state index contributed by atoms with van der Waals surface area (Å²) in [7, 11) is 4.86. The van der Waals surface area contributed by atoms with Crippen LogP contribution in [0.3, 0.4) is 0 Å². The lowest BCUT2D eigenvalue weighted by molar-refractivity contribution is -0.164. The van der Waals surface area contributed by atoms with Gasteiger partial charge in [-0.3, -0.25) is 4.79 Å². The van der Waals surface area contributed by atoms with Crippen LogP contribution in [-0.2, 0) is 25.4 Å². The zero-order chi connectivity index (χ0) is 16.1. The third-order valence-corrected chi connectivity index (χ3v) is 4.08. The first-order valence-corrected chi connectivity index (χ1v) is 7.20. The van der Waals surface area contributed by atoms with E-state index in [0.717, 1.165) is 0 Å². The van der Waals surface area contributed by atoms with Crippen LogP contribution in [0, 0.1) is 5.82 Å². The SMILES string of the molecule is CO[C@H]1[C@H](N(C)C(=O)Cc2ccccc2F)COC[C@H]1OC. The van der Waals surface area contributed by atoms with Gasteiger partial charge < -0.3 is 19.1 Å². The maximum atomic E-state index is 13.7. The molecule has 1 aliphatic heterocycles. The van der Waals surface area contributed by atoms with Gasteiger partial charge in [-0.05, 0) is 11.6 Å². The number of nitrogens with zero attached hydrogens (tertiary/aromatic N) is 1. The van der Waals surface area contributed by atoms with Crippen molar-refractivity contribution in [3.63, 3.8) is 0 Å². The molecule has 0 spiro atoms. The molecule has 1 aliphatic rings. The van der Waals surface area contributed by atoms with Gasteiger partial charge in [0.25, 0.3) is 0 Å². The highest BCUT2D eigenvalue weighted by Gasteiger charge is 2.38. The lowest BCUT2D eigenvalue weighted by atomic mass is 10.0. The Bertz CT molecular complexity index is 511. The number of hydrogen-bond acceptors (Lipinski definition) is 4. The van der Waals surface area contributed by atoms with E-state index in [4.69, 9.17) is 14.2 Å². The van der Waals surface area contributed by atoms with E-state index in [9.17, 15) is 9.18 Å². The normalized spacial score (nSPS) is 25.0. The van der Waals surface area contributed by atoms with Gasteiger partial charge >= 0.3 is 0 Å². The van der Waals surface area contributed by atoms with E-state index >= 15 is 0 Å². The second-order valence-electron chi connectivity index (χ2n) is 5.35. The first-order valence-electron chi connectivity index (χ1n) is 7.20. The number of carbonyl (C=O) groups is 1. The summed E-state index contributed by atoms with van der Waals surface area (Å²) in [6.07, 6.45) is -0.492. The van der Waals surface area contributed by atoms with Gasteiger partial charge in [0.2, 0.25) is 5.91 Å². The maximum absolute atomic E-state index is 13.7. The number of likely N-dealkylation sites (N-methyl/N-ethyl adjacent to an activating group) is 1. The highest BCUT2D eigenvalue weighted by Crippen LogP contribution is 2.20. The van der Waals surface area contributed by atoms with Crippen molar-refractivity contribution in [2.24, 2.45) is 0 Å². The summed E-state index contributed by atoms with van der Waals surface area (Å²) in [5.41, 5.74) is 0.383. The molecule has 3 atom stereocenters. The Hall–Kier alpha value is -1.50. The monoisotopic (exact) mass is 311 g/mol. The Morgan fingerprint density at radius 1 is 1.32 bits per heavy atom. The largest absolute Gasteiger partial charge is 0.376 e. The van der Waals surface area contributed by atoms with Gasteiger partial charge in [-0.1, -0.05) is 18.2 Å². The van der Waals surface area contributed by atoms with E-state index in [1.807, 2.05) is 0 Å². The first-order chi connectivity index (χ1) is 10.6. The van der Waals surface area contributed by atoms with Gasteiger partial charge in [-0.25, -0.2) is 4.39 Å². The maximum Gasteiger partial charge on any atom is 0.227 e. The summed E-state index contributed by atoms with van der Waals surface area (Å²) in [5, 5.41) is 0. The smallest absolute Gasteiger partial charge is 0.227 e. The predicted octanol–water partition coefficient (Wildman–Crippen LogP) is 1.26. The van der Waals surface area contributed by atoms with Crippen LogP contribution in [0.15, 0.2) is 24.3 Å². The van der Waals surface area contributed by atoms with Crippen molar-refractivity contribution in [1.82, 2.24) is 4.90 Å². The number of benzene rings is 1. The summed E-state index contributed by atoms with van der Waals surface area (Å²) in [6, 6.07) is 6.03. The summed E-state index contributed by atoms with van der Waals surface area (Å²) in [5.74, 6) is -0.556. The van der Waals surface area contributed by atoms with Crippen LogP contribution in [0.25, 0.3) is 0 Å². The van der Waals surface area contributed by atoms with Crippen LogP contribution < -0.4 is 0 Å². The Balaban J connectivity index is 2.07. The van der Waals surface area contributed by atoms with Crippen LogP contribution in [0.5, 0.6) is 0 Å². The average molecular weight is 311 g/mol. The van der Waals surface area contributed by atoms with Gasteiger partial charge in [0.15, 0.2) is 0 Å². The summed E-state index contributed by atoms with van der Waals surface area (Å²) < 4.78 is 30.0. The molecule has 0 unspecified atom stereocenters. The average Bonchev–Trinajstić information content (AvgIpc) is 2.55. The third kappa shape index (κ3) is 3.63. The number of halogens is 1. The zero-order valence-corrected chi connectivity index (χ0v) is 13.1. The standard InChI is InChI=1S/C16H22FNO4/c1-18(13-9-22-10-14(20-2)16(13)21-3)15(19)8-11-6-4-5-7-12(11)17/h4-7,13-14,16H,8-10H2,1-3H3/t13-,14-,16+/m1/s1. The number of rotatable bonds is 5. The number of hydrogen-bond donors (Lipinski definition) is 0. The molecule has 1 amide bonds.